The molecular weight excluding hydrogens is 176 g/mol. The molecule has 0 unspecified atom stereocenters. The van der Waals surface area contributed by atoms with Crippen molar-refractivity contribution < 1.29 is 0 Å². The second kappa shape index (κ2) is 4.46. The van der Waals surface area contributed by atoms with E-state index in [1.54, 1.807) is 0 Å². The van der Waals surface area contributed by atoms with E-state index in [0.29, 0.717) is 12.5 Å². The molecule has 1 aliphatic carbocycles. The molecule has 1 heterocycles. The van der Waals surface area contributed by atoms with Crippen LogP contribution in [0.25, 0.3) is 0 Å². The number of H-pyrrole nitrogens is 1. The van der Waals surface area contributed by atoms with E-state index < -0.39 is 0 Å². The Morgan fingerprint density at radius 1 is 1.50 bits per heavy atom. The highest BCUT2D eigenvalue weighted by Crippen LogP contribution is 2.36. The fourth-order valence-electron chi connectivity index (χ4n) is 2.17. The van der Waals surface area contributed by atoms with Gasteiger partial charge in [0.2, 0.25) is 0 Å². The Balaban J connectivity index is 2.04. The molecule has 0 aromatic carbocycles. The monoisotopic (exact) mass is 194 g/mol. The maximum atomic E-state index is 5.46. The van der Waals surface area contributed by atoms with Crippen LogP contribution in [0.5, 0.6) is 0 Å². The fourth-order valence-corrected chi connectivity index (χ4v) is 2.17. The van der Waals surface area contributed by atoms with Gasteiger partial charge in [0.25, 0.3) is 0 Å². The summed E-state index contributed by atoms with van der Waals surface area (Å²) in [5, 5.41) is 10.5. The average molecular weight is 194 g/mol. The van der Waals surface area contributed by atoms with Gasteiger partial charge in [-0.15, -0.1) is 0 Å². The van der Waals surface area contributed by atoms with E-state index in [1.807, 2.05) is 6.20 Å². The van der Waals surface area contributed by atoms with Crippen LogP contribution in [0.15, 0.2) is 6.20 Å². The Kier molecular flexibility index (Phi) is 3.03. The number of nitrogens with two attached hydrogens (primary N) is 1. The number of hydrogen-bond donors (Lipinski definition) is 3. The SMILES string of the molecule is NCCNc1cn[nH]c1C1CCCC1. The van der Waals surface area contributed by atoms with Crippen molar-refractivity contribution in [3.63, 3.8) is 0 Å². The third kappa shape index (κ3) is 1.90. The van der Waals surface area contributed by atoms with Crippen molar-refractivity contribution in [1.82, 2.24) is 10.2 Å². The molecule has 1 aromatic heterocycles. The van der Waals surface area contributed by atoms with Crippen LogP contribution in [0.4, 0.5) is 5.69 Å². The molecule has 14 heavy (non-hydrogen) atoms. The number of nitrogens with one attached hydrogen (secondary N) is 2. The highest BCUT2D eigenvalue weighted by atomic mass is 15.1. The third-order valence-electron chi connectivity index (χ3n) is 2.89. The highest BCUT2D eigenvalue weighted by Gasteiger charge is 2.21. The van der Waals surface area contributed by atoms with Crippen LogP contribution in [0.2, 0.25) is 0 Å². The summed E-state index contributed by atoms with van der Waals surface area (Å²) in [7, 11) is 0. The van der Waals surface area contributed by atoms with Crippen LogP contribution in [-0.4, -0.2) is 23.3 Å². The van der Waals surface area contributed by atoms with E-state index in [0.717, 1.165) is 12.2 Å². The number of hydrogen-bond acceptors (Lipinski definition) is 3. The first kappa shape index (κ1) is 9.52. The van der Waals surface area contributed by atoms with E-state index in [2.05, 4.69) is 15.5 Å². The van der Waals surface area contributed by atoms with Gasteiger partial charge in [-0.05, 0) is 12.8 Å². The van der Waals surface area contributed by atoms with Crippen LogP contribution in [0, 0.1) is 0 Å². The number of nitrogens with zero attached hydrogens (tertiary/aromatic N) is 1. The van der Waals surface area contributed by atoms with Gasteiger partial charge in [0.15, 0.2) is 0 Å². The number of rotatable bonds is 4. The molecule has 1 fully saturated rings. The standard InChI is InChI=1S/C10H18N4/c11-5-6-12-9-7-13-14-10(9)8-3-1-2-4-8/h7-8,12H,1-6,11H2,(H,13,14). The van der Waals surface area contributed by atoms with Crippen molar-refractivity contribution in [2.24, 2.45) is 5.73 Å². The van der Waals surface area contributed by atoms with Crippen LogP contribution < -0.4 is 11.1 Å². The lowest BCUT2D eigenvalue weighted by molar-refractivity contribution is 0.694. The lowest BCUT2D eigenvalue weighted by Crippen LogP contribution is -2.14. The summed E-state index contributed by atoms with van der Waals surface area (Å²) in [4.78, 5) is 0. The molecule has 0 spiro atoms. The van der Waals surface area contributed by atoms with Crippen LogP contribution in [0.3, 0.4) is 0 Å². The molecule has 0 saturated heterocycles. The van der Waals surface area contributed by atoms with Gasteiger partial charge in [-0.1, -0.05) is 12.8 Å². The van der Waals surface area contributed by atoms with Gasteiger partial charge >= 0.3 is 0 Å². The summed E-state index contributed by atoms with van der Waals surface area (Å²) in [5.41, 5.74) is 7.87. The van der Waals surface area contributed by atoms with Gasteiger partial charge in [0.1, 0.15) is 0 Å². The fraction of sp³-hybridized carbons (Fsp3) is 0.700. The van der Waals surface area contributed by atoms with E-state index in [1.165, 1.54) is 31.4 Å². The van der Waals surface area contributed by atoms with Crippen molar-refractivity contribution >= 4 is 5.69 Å². The quantitative estimate of drug-likeness (QED) is 0.679. The van der Waals surface area contributed by atoms with Crippen molar-refractivity contribution in [3.8, 4) is 0 Å². The predicted molar refractivity (Wildman–Crippen MR) is 57.3 cm³/mol. The Labute approximate surface area is 84.3 Å². The molecular formula is C10H18N4. The van der Waals surface area contributed by atoms with E-state index in [9.17, 15) is 0 Å². The number of aromatic nitrogens is 2. The molecule has 4 N–H and O–H groups in total. The maximum Gasteiger partial charge on any atom is 0.0759 e. The van der Waals surface area contributed by atoms with Gasteiger partial charge in [0, 0.05) is 19.0 Å². The van der Waals surface area contributed by atoms with Gasteiger partial charge in [-0.2, -0.15) is 5.10 Å². The molecule has 0 atom stereocenters. The first-order valence-corrected chi connectivity index (χ1v) is 5.39. The van der Waals surface area contributed by atoms with E-state index in [-0.39, 0.29) is 0 Å². The third-order valence-corrected chi connectivity index (χ3v) is 2.89. The molecule has 1 aliphatic rings. The van der Waals surface area contributed by atoms with Crippen LogP contribution in [0.1, 0.15) is 37.3 Å². The summed E-state index contributed by atoms with van der Waals surface area (Å²) in [6.07, 6.45) is 7.14. The molecule has 0 radical (unpaired) electrons. The number of aromatic amines is 1. The molecule has 0 aliphatic heterocycles. The Hall–Kier alpha value is -1.03. The Bertz CT molecular complexity index is 275. The van der Waals surface area contributed by atoms with Crippen LogP contribution >= 0.6 is 0 Å². The molecule has 4 heteroatoms. The first-order valence-electron chi connectivity index (χ1n) is 5.39. The van der Waals surface area contributed by atoms with Crippen molar-refractivity contribution in [1.29, 1.82) is 0 Å². The molecule has 0 bridgehead atoms. The molecule has 0 amide bonds. The topological polar surface area (TPSA) is 66.7 Å². The van der Waals surface area contributed by atoms with Gasteiger partial charge < -0.3 is 11.1 Å². The van der Waals surface area contributed by atoms with Gasteiger partial charge in [-0.3, -0.25) is 5.10 Å². The zero-order valence-electron chi connectivity index (χ0n) is 8.42. The average Bonchev–Trinajstić information content (AvgIpc) is 2.84. The molecule has 2 rings (SSSR count). The van der Waals surface area contributed by atoms with Gasteiger partial charge in [0.05, 0.1) is 17.6 Å². The summed E-state index contributed by atoms with van der Waals surface area (Å²) < 4.78 is 0. The predicted octanol–water partition coefficient (Wildman–Crippen LogP) is 1.44. The van der Waals surface area contributed by atoms with Crippen LogP contribution in [-0.2, 0) is 0 Å². The second-order valence-electron chi connectivity index (χ2n) is 3.89. The lowest BCUT2D eigenvalue weighted by atomic mass is 10.0. The zero-order valence-corrected chi connectivity index (χ0v) is 8.42. The zero-order chi connectivity index (χ0) is 9.80. The van der Waals surface area contributed by atoms with E-state index >= 15 is 0 Å². The first-order chi connectivity index (χ1) is 6.92. The normalized spacial score (nSPS) is 17.5. The molecule has 1 saturated carbocycles. The van der Waals surface area contributed by atoms with Crippen molar-refractivity contribution in [2.45, 2.75) is 31.6 Å². The molecule has 4 nitrogen and oxygen atoms in total. The van der Waals surface area contributed by atoms with E-state index in [4.69, 9.17) is 5.73 Å². The minimum Gasteiger partial charge on any atom is -0.381 e. The van der Waals surface area contributed by atoms with Crippen molar-refractivity contribution in [2.75, 3.05) is 18.4 Å². The maximum absolute atomic E-state index is 5.46. The smallest absolute Gasteiger partial charge is 0.0759 e. The largest absolute Gasteiger partial charge is 0.381 e. The second-order valence-corrected chi connectivity index (χ2v) is 3.89. The summed E-state index contributed by atoms with van der Waals surface area (Å²) in [5.74, 6) is 0.678. The molecule has 78 valence electrons. The minimum absolute atomic E-state index is 0.662. The Morgan fingerprint density at radius 2 is 2.29 bits per heavy atom. The highest BCUT2D eigenvalue weighted by molar-refractivity contribution is 5.47. The summed E-state index contributed by atoms with van der Waals surface area (Å²) in [6.45, 7) is 1.48. The minimum atomic E-state index is 0.662. The Morgan fingerprint density at radius 3 is 3.00 bits per heavy atom. The number of anilines is 1. The summed E-state index contributed by atoms with van der Waals surface area (Å²) in [6, 6.07) is 0. The summed E-state index contributed by atoms with van der Waals surface area (Å²) >= 11 is 0. The van der Waals surface area contributed by atoms with Crippen molar-refractivity contribution in [3.05, 3.63) is 11.9 Å². The van der Waals surface area contributed by atoms with Gasteiger partial charge in [-0.25, -0.2) is 0 Å². The lowest BCUT2D eigenvalue weighted by Gasteiger charge is -2.10. The molecule has 1 aromatic rings.